The molecule has 2 heteroatoms. The summed E-state index contributed by atoms with van der Waals surface area (Å²) in [5, 5.41) is 3.69. The van der Waals surface area contributed by atoms with Crippen LogP contribution in [0, 0.1) is 0 Å². The van der Waals surface area contributed by atoms with Crippen molar-refractivity contribution in [3.8, 4) is 16.9 Å². The molecule has 130 valence electrons. The monoisotopic (exact) mass is 333 g/mol. The van der Waals surface area contributed by atoms with E-state index in [1.54, 1.807) is 0 Å². The van der Waals surface area contributed by atoms with Gasteiger partial charge in [-0.1, -0.05) is 43.7 Å². The first-order valence-corrected chi connectivity index (χ1v) is 9.41. The van der Waals surface area contributed by atoms with E-state index in [0.717, 1.165) is 12.2 Å². The Balaban J connectivity index is 1.94. The summed E-state index contributed by atoms with van der Waals surface area (Å²) in [7, 11) is 0. The van der Waals surface area contributed by atoms with Crippen LogP contribution in [-0.4, -0.2) is 5.54 Å². The molecule has 0 amide bonds. The molecule has 0 bridgehead atoms. The SMILES string of the molecule is CCCC[C@H]1Oc2ccccc2-c2ccc3c(c21)C(C)=CC(C)(C)N3. The topological polar surface area (TPSA) is 21.3 Å². The predicted molar refractivity (Wildman–Crippen MR) is 106 cm³/mol. The summed E-state index contributed by atoms with van der Waals surface area (Å²) in [5.41, 5.74) is 7.81. The Hall–Kier alpha value is -2.22. The smallest absolute Gasteiger partial charge is 0.128 e. The van der Waals surface area contributed by atoms with E-state index >= 15 is 0 Å². The fourth-order valence-corrected chi connectivity index (χ4v) is 4.31. The van der Waals surface area contributed by atoms with E-state index in [1.807, 2.05) is 0 Å². The third-order valence-corrected chi connectivity index (χ3v) is 5.26. The molecule has 4 rings (SSSR count). The summed E-state index contributed by atoms with van der Waals surface area (Å²) in [4.78, 5) is 0. The highest BCUT2D eigenvalue weighted by Crippen LogP contribution is 2.49. The molecule has 2 heterocycles. The number of benzene rings is 2. The van der Waals surface area contributed by atoms with Crippen LogP contribution >= 0.6 is 0 Å². The molecule has 0 unspecified atom stereocenters. The highest BCUT2D eigenvalue weighted by Gasteiger charge is 2.33. The van der Waals surface area contributed by atoms with Crippen LogP contribution in [0.1, 0.15) is 64.2 Å². The second-order valence-corrected chi connectivity index (χ2v) is 7.87. The molecule has 2 aliphatic heterocycles. The summed E-state index contributed by atoms with van der Waals surface area (Å²) >= 11 is 0. The van der Waals surface area contributed by atoms with Gasteiger partial charge in [-0.25, -0.2) is 0 Å². The lowest BCUT2D eigenvalue weighted by molar-refractivity contribution is 0.188. The molecule has 0 aromatic heterocycles. The lowest BCUT2D eigenvalue weighted by Crippen LogP contribution is -2.32. The van der Waals surface area contributed by atoms with Gasteiger partial charge in [-0.2, -0.15) is 0 Å². The lowest BCUT2D eigenvalue weighted by atomic mass is 9.81. The van der Waals surface area contributed by atoms with Gasteiger partial charge < -0.3 is 10.1 Å². The Morgan fingerprint density at radius 2 is 1.88 bits per heavy atom. The second-order valence-electron chi connectivity index (χ2n) is 7.87. The molecule has 0 radical (unpaired) electrons. The minimum absolute atomic E-state index is 0.0162. The Bertz CT molecular complexity index is 847. The van der Waals surface area contributed by atoms with Gasteiger partial charge in [-0.05, 0) is 56.9 Å². The van der Waals surface area contributed by atoms with E-state index in [1.165, 1.54) is 46.4 Å². The molecule has 2 aromatic carbocycles. The molecule has 0 saturated carbocycles. The molecule has 1 atom stereocenters. The van der Waals surface area contributed by atoms with Crippen LogP contribution in [0.15, 0.2) is 42.5 Å². The molecule has 2 nitrogen and oxygen atoms in total. The predicted octanol–water partition coefficient (Wildman–Crippen LogP) is 6.58. The molecule has 2 aliphatic rings. The van der Waals surface area contributed by atoms with Crippen LogP contribution in [0.2, 0.25) is 0 Å². The average Bonchev–Trinajstić information content (AvgIpc) is 2.57. The number of anilines is 1. The molecule has 1 N–H and O–H groups in total. The zero-order chi connectivity index (χ0) is 17.6. The van der Waals surface area contributed by atoms with Crippen LogP contribution in [-0.2, 0) is 0 Å². The van der Waals surface area contributed by atoms with E-state index in [9.17, 15) is 0 Å². The number of fused-ring (bicyclic) bond motifs is 5. The zero-order valence-electron chi connectivity index (χ0n) is 15.6. The van der Waals surface area contributed by atoms with Crippen molar-refractivity contribution >= 4 is 11.3 Å². The maximum absolute atomic E-state index is 6.47. The van der Waals surface area contributed by atoms with E-state index in [-0.39, 0.29) is 11.6 Å². The third-order valence-electron chi connectivity index (χ3n) is 5.26. The summed E-state index contributed by atoms with van der Waals surface area (Å²) in [6, 6.07) is 13.0. The maximum atomic E-state index is 6.47. The average molecular weight is 333 g/mol. The van der Waals surface area contributed by atoms with Crippen LogP contribution in [0.4, 0.5) is 5.69 Å². The van der Waals surface area contributed by atoms with E-state index < -0.39 is 0 Å². The highest BCUT2D eigenvalue weighted by molar-refractivity contribution is 5.89. The van der Waals surface area contributed by atoms with Crippen molar-refractivity contribution in [3.63, 3.8) is 0 Å². The number of allylic oxidation sites excluding steroid dienone is 1. The van der Waals surface area contributed by atoms with Crippen LogP contribution in [0.25, 0.3) is 16.7 Å². The fraction of sp³-hybridized carbons (Fsp3) is 0.391. The maximum Gasteiger partial charge on any atom is 0.128 e. The molecule has 2 aromatic rings. The number of rotatable bonds is 3. The van der Waals surface area contributed by atoms with E-state index in [4.69, 9.17) is 4.74 Å². The Labute approximate surface area is 150 Å². The van der Waals surface area contributed by atoms with Gasteiger partial charge in [0.25, 0.3) is 0 Å². The van der Waals surface area contributed by atoms with Crippen LogP contribution in [0.3, 0.4) is 0 Å². The van der Waals surface area contributed by atoms with Gasteiger partial charge in [0.1, 0.15) is 11.9 Å². The lowest BCUT2D eigenvalue weighted by Gasteiger charge is -2.37. The summed E-state index contributed by atoms with van der Waals surface area (Å²) in [5.74, 6) is 1.02. The van der Waals surface area contributed by atoms with Crippen molar-refractivity contribution in [3.05, 3.63) is 53.6 Å². The molecule has 0 spiro atoms. The normalized spacial score (nSPS) is 19.7. The number of nitrogens with one attached hydrogen (secondary N) is 1. The van der Waals surface area contributed by atoms with Gasteiger partial charge in [0, 0.05) is 22.4 Å². The molecule has 25 heavy (non-hydrogen) atoms. The number of hydrogen-bond acceptors (Lipinski definition) is 2. The Kier molecular flexibility index (Phi) is 3.87. The number of ether oxygens (including phenoxy) is 1. The van der Waals surface area contributed by atoms with Gasteiger partial charge in [0.15, 0.2) is 0 Å². The standard InChI is InChI=1S/C23H27NO/c1-5-6-10-20-22-17(16-9-7-8-11-19(16)25-20)12-13-18-21(22)15(2)14-23(3,4)24-18/h7-9,11-14,20,24H,5-6,10H2,1-4H3/t20-/m1/s1. The Morgan fingerprint density at radius 1 is 1.08 bits per heavy atom. The van der Waals surface area contributed by atoms with Crippen molar-refractivity contribution in [2.24, 2.45) is 0 Å². The number of para-hydroxylation sites is 1. The molecule has 0 fully saturated rings. The first-order valence-electron chi connectivity index (χ1n) is 9.41. The summed E-state index contributed by atoms with van der Waals surface area (Å²) < 4.78 is 6.47. The number of hydrogen-bond donors (Lipinski definition) is 1. The first kappa shape index (κ1) is 16.3. The minimum atomic E-state index is -0.0162. The van der Waals surface area contributed by atoms with E-state index in [0.29, 0.717) is 0 Å². The van der Waals surface area contributed by atoms with E-state index in [2.05, 4.69) is 75.5 Å². The van der Waals surface area contributed by atoms with Gasteiger partial charge in [0.05, 0.1) is 5.54 Å². The third kappa shape index (κ3) is 2.74. The number of unbranched alkanes of at least 4 members (excludes halogenated alkanes) is 1. The van der Waals surface area contributed by atoms with Crippen molar-refractivity contribution in [2.45, 2.75) is 58.6 Å². The van der Waals surface area contributed by atoms with Crippen LogP contribution < -0.4 is 10.1 Å². The molecule has 0 aliphatic carbocycles. The molecular weight excluding hydrogens is 306 g/mol. The Morgan fingerprint density at radius 3 is 2.68 bits per heavy atom. The fourth-order valence-electron chi connectivity index (χ4n) is 4.31. The van der Waals surface area contributed by atoms with Crippen molar-refractivity contribution in [1.82, 2.24) is 0 Å². The van der Waals surface area contributed by atoms with Crippen molar-refractivity contribution in [1.29, 1.82) is 0 Å². The largest absolute Gasteiger partial charge is 0.485 e. The first-order chi connectivity index (χ1) is 12.0. The molecular formula is C23H27NO. The van der Waals surface area contributed by atoms with Gasteiger partial charge in [-0.15, -0.1) is 0 Å². The van der Waals surface area contributed by atoms with Crippen LogP contribution in [0.5, 0.6) is 5.75 Å². The minimum Gasteiger partial charge on any atom is -0.485 e. The van der Waals surface area contributed by atoms with Gasteiger partial charge in [-0.3, -0.25) is 0 Å². The van der Waals surface area contributed by atoms with Crippen molar-refractivity contribution in [2.75, 3.05) is 5.32 Å². The molecule has 0 saturated heterocycles. The zero-order valence-corrected chi connectivity index (χ0v) is 15.6. The van der Waals surface area contributed by atoms with Gasteiger partial charge in [0.2, 0.25) is 0 Å². The highest BCUT2D eigenvalue weighted by atomic mass is 16.5. The quantitative estimate of drug-likeness (QED) is 0.684. The van der Waals surface area contributed by atoms with Crippen molar-refractivity contribution < 1.29 is 4.74 Å². The summed E-state index contributed by atoms with van der Waals surface area (Å²) in [6.07, 6.45) is 5.90. The second kappa shape index (κ2) is 5.94. The van der Waals surface area contributed by atoms with Gasteiger partial charge >= 0.3 is 0 Å². The summed E-state index contributed by atoms with van der Waals surface area (Å²) in [6.45, 7) is 8.92.